The average molecular weight is 590 g/mol. The van der Waals surface area contributed by atoms with Gasteiger partial charge in [-0.15, -0.1) is 0 Å². The summed E-state index contributed by atoms with van der Waals surface area (Å²) in [5.74, 6) is 0.454. The van der Waals surface area contributed by atoms with Gasteiger partial charge in [0.2, 0.25) is 0 Å². The fourth-order valence-corrected chi connectivity index (χ4v) is 18.1. The summed E-state index contributed by atoms with van der Waals surface area (Å²) in [6.45, 7) is 7.44. The van der Waals surface area contributed by atoms with Gasteiger partial charge < -0.3 is 0 Å². The normalized spacial score (nSPS) is 25.4. The van der Waals surface area contributed by atoms with Crippen LogP contribution >= 0.6 is 31.9 Å². The van der Waals surface area contributed by atoms with Crippen LogP contribution in [0, 0.1) is 5.41 Å². The molecule has 3 unspecified atom stereocenters. The summed E-state index contributed by atoms with van der Waals surface area (Å²) in [5, 5.41) is 0. The predicted molar refractivity (Wildman–Crippen MR) is 142 cm³/mol. The second-order valence-electron chi connectivity index (χ2n) is 10.5. The van der Waals surface area contributed by atoms with E-state index in [2.05, 4.69) is 107 Å². The minimum atomic E-state index is -1.84. The van der Waals surface area contributed by atoms with Crippen LogP contribution in [0.3, 0.4) is 0 Å². The molecule has 0 radical (unpaired) electrons. The van der Waals surface area contributed by atoms with Gasteiger partial charge in [-0.05, 0) is 0 Å². The number of benzene rings is 2. The summed E-state index contributed by atoms with van der Waals surface area (Å²) in [6, 6.07) is 14.0. The van der Waals surface area contributed by atoms with Gasteiger partial charge in [0.25, 0.3) is 0 Å². The Labute approximate surface area is 214 Å². The first-order valence-corrected chi connectivity index (χ1v) is 18.2. The first-order chi connectivity index (χ1) is 15.4. The van der Waals surface area contributed by atoms with Crippen molar-refractivity contribution in [3.63, 3.8) is 0 Å². The van der Waals surface area contributed by atoms with E-state index in [0.717, 1.165) is 10.6 Å². The zero-order chi connectivity index (χ0) is 22.5. The summed E-state index contributed by atoms with van der Waals surface area (Å²) in [5.41, 5.74) is 7.92. The molecule has 1 saturated heterocycles. The maximum atomic E-state index is 3.82. The van der Waals surface area contributed by atoms with Gasteiger partial charge in [0.05, 0.1) is 0 Å². The Bertz CT molecular complexity index is 1050. The van der Waals surface area contributed by atoms with Gasteiger partial charge in [0.15, 0.2) is 0 Å². The van der Waals surface area contributed by atoms with Crippen molar-refractivity contribution in [3.05, 3.63) is 80.3 Å². The maximum absolute atomic E-state index is 3.82. The van der Waals surface area contributed by atoms with Crippen LogP contribution in [-0.4, -0.2) is 0 Å². The molecule has 2 aromatic rings. The molecule has 0 nitrogen and oxygen atoms in total. The van der Waals surface area contributed by atoms with Gasteiger partial charge in [-0.25, -0.2) is 0 Å². The van der Waals surface area contributed by atoms with Crippen molar-refractivity contribution in [2.75, 3.05) is 0 Å². The molecule has 0 N–H and O–H groups in total. The Morgan fingerprint density at radius 2 is 1.62 bits per heavy atom. The van der Waals surface area contributed by atoms with E-state index in [1.165, 1.54) is 44.1 Å². The number of allylic oxidation sites excluding steroid dienone is 4. The van der Waals surface area contributed by atoms with Gasteiger partial charge in [-0.2, -0.15) is 0 Å². The minimum absolute atomic E-state index is 0.240. The molecule has 2 aromatic carbocycles. The van der Waals surface area contributed by atoms with Gasteiger partial charge in [0.1, 0.15) is 0 Å². The molecule has 3 atom stereocenters. The van der Waals surface area contributed by atoms with E-state index in [9.17, 15) is 0 Å². The molecule has 0 aromatic heterocycles. The van der Waals surface area contributed by atoms with Crippen LogP contribution in [0.15, 0.2) is 69.1 Å². The van der Waals surface area contributed by atoms with Gasteiger partial charge in [0, 0.05) is 0 Å². The van der Waals surface area contributed by atoms with Crippen molar-refractivity contribution >= 4 is 31.9 Å². The predicted octanol–water partition coefficient (Wildman–Crippen LogP) is 10.6. The molecule has 1 aliphatic heterocycles. The van der Waals surface area contributed by atoms with Crippen molar-refractivity contribution in [2.24, 2.45) is 5.41 Å². The summed E-state index contributed by atoms with van der Waals surface area (Å²) in [4.78, 5) is 0. The Hall–Kier alpha value is -0.406. The van der Waals surface area contributed by atoms with Crippen LogP contribution in [0.1, 0.15) is 63.5 Å². The second-order valence-corrected chi connectivity index (χ2v) is 20.1. The van der Waals surface area contributed by atoms with Crippen LogP contribution in [0.5, 0.6) is 0 Å². The van der Waals surface area contributed by atoms with Gasteiger partial charge in [-0.3, -0.25) is 0 Å². The molecule has 0 amide bonds. The quantitative estimate of drug-likeness (QED) is 0.269. The van der Waals surface area contributed by atoms with Crippen LogP contribution in [0.4, 0.5) is 0 Å². The van der Waals surface area contributed by atoms with E-state index >= 15 is 0 Å². The molecule has 3 aliphatic rings. The van der Waals surface area contributed by atoms with Gasteiger partial charge >= 0.3 is 216 Å². The number of halogens is 2. The molecule has 0 saturated carbocycles. The standard InChI is InChI=1S/C22H19Br2.C4H9.C3H6.Ti/c1-3-22(2,14-6-4-5-7-14)21-19-12-15(23)8-10-17(19)18-11-9-16(24)13-20(18)21;1-3-4-2;1-3-2;/h4-6,8-13,21H,2-3,7H2,1H3;1,3-4H2,2H3;3H,1H2,2H3;. The van der Waals surface area contributed by atoms with Crippen LogP contribution in [-0.2, 0) is 16.6 Å². The Morgan fingerprint density at radius 3 is 2.09 bits per heavy atom. The van der Waals surface area contributed by atoms with E-state index in [0.29, 0.717) is 5.92 Å². The van der Waals surface area contributed by atoms with E-state index < -0.39 is 16.6 Å². The third-order valence-electron chi connectivity index (χ3n) is 8.83. The van der Waals surface area contributed by atoms with E-state index in [-0.39, 0.29) is 5.41 Å². The molecular weight excluding hydrogens is 556 g/mol. The number of hydrogen-bond donors (Lipinski definition) is 0. The van der Waals surface area contributed by atoms with Gasteiger partial charge in [-0.1, -0.05) is 0 Å². The number of fused-ring (bicyclic) bond motifs is 3. The zero-order valence-electron chi connectivity index (χ0n) is 19.6. The number of unbranched alkanes of at least 4 members (excludes halogenated alkanes) is 1. The summed E-state index contributed by atoms with van der Waals surface area (Å²) < 4.78 is 8.11. The molecule has 0 bridgehead atoms. The third-order valence-corrected chi connectivity index (χ3v) is 19.0. The molecule has 2 aliphatic carbocycles. The summed E-state index contributed by atoms with van der Waals surface area (Å²) in [6.07, 6.45) is 12.3. The Kier molecular flexibility index (Phi) is 6.56. The van der Waals surface area contributed by atoms with Crippen molar-refractivity contribution in [1.29, 1.82) is 0 Å². The van der Waals surface area contributed by atoms with E-state index in [4.69, 9.17) is 0 Å². The first kappa shape index (κ1) is 23.3. The topological polar surface area (TPSA) is 0 Å². The zero-order valence-corrected chi connectivity index (χ0v) is 24.3. The van der Waals surface area contributed by atoms with Crippen molar-refractivity contribution in [1.82, 2.24) is 0 Å². The summed E-state index contributed by atoms with van der Waals surface area (Å²) >= 11 is 5.79. The van der Waals surface area contributed by atoms with Crippen molar-refractivity contribution in [2.45, 2.75) is 70.8 Å². The van der Waals surface area contributed by atoms with E-state index in [1.807, 2.05) is 0 Å². The first-order valence-electron chi connectivity index (χ1n) is 12.4. The fourth-order valence-electron chi connectivity index (χ4n) is 6.96. The number of rotatable bonds is 8. The molecular formula is C29H34Br2Ti. The molecule has 5 rings (SSSR count). The summed E-state index contributed by atoms with van der Waals surface area (Å²) in [7, 11) is 0. The molecule has 168 valence electrons. The van der Waals surface area contributed by atoms with E-state index in [1.54, 1.807) is 26.2 Å². The van der Waals surface area contributed by atoms with Crippen molar-refractivity contribution < 1.29 is 16.6 Å². The fraction of sp³-hybridized carbons (Fsp3) is 0.448. The number of hydrogen-bond acceptors (Lipinski definition) is 0. The Balaban J connectivity index is 1.70. The second kappa shape index (κ2) is 8.99. The SMILES string of the molecule is CCC[CH2][Ti]1([CH2]C(CC)(C2=CC=CC2)C2c3cc(Br)ccc3-c3ccc(Br)cc32)[CH2][CH]1C. The van der Waals surface area contributed by atoms with Crippen LogP contribution in [0.2, 0.25) is 18.4 Å². The van der Waals surface area contributed by atoms with Crippen LogP contribution in [0.25, 0.3) is 11.1 Å². The monoisotopic (exact) mass is 588 g/mol. The van der Waals surface area contributed by atoms with Crippen molar-refractivity contribution in [3.8, 4) is 11.1 Å². The molecule has 3 heteroatoms. The average Bonchev–Trinajstić information content (AvgIpc) is 3.15. The molecule has 0 spiro atoms. The Morgan fingerprint density at radius 1 is 1.00 bits per heavy atom. The third kappa shape index (κ3) is 3.82. The molecule has 32 heavy (non-hydrogen) atoms. The molecule has 1 fully saturated rings. The molecule has 1 heterocycles. The van der Waals surface area contributed by atoms with Crippen LogP contribution < -0.4 is 0 Å².